The second-order valence-corrected chi connectivity index (χ2v) is 6.90. The lowest BCUT2D eigenvalue weighted by Gasteiger charge is -2.26. The average molecular weight is 315 g/mol. The van der Waals surface area contributed by atoms with Crippen molar-refractivity contribution in [2.24, 2.45) is 0 Å². The highest BCUT2D eigenvalue weighted by Crippen LogP contribution is 2.38. The molecule has 0 saturated heterocycles. The summed E-state index contributed by atoms with van der Waals surface area (Å²) in [5.41, 5.74) is 2.96. The van der Waals surface area contributed by atoms with Crippen LogP contribution < -0.4 is 15.5 Å². The highest BCUT2D eigenvalue weighted by atomic mass is 32.1. The normalized spacial score (nSPS) is 23.2. The highest BCUT2D eigenvalue weighted by molar-refractivity contribution is 7.16. The summed E-state index contributed by atoms with van der Waals surface area (Å²) in [6, 6.07) is 5.75. The maximum Gasteiger partial charge on any atom is 0.256 e. The Hall–Kier alpha value is -1.92. The molecule has 0 radical (unpaired) electrons. The van der Waals surface area contributed by atoms with E-state index in [4.69, 9.17) is 0 Å². The number of aromatic nitrogens is 1. The molecule has 0 saturated carbocycles. The molecule has 2 atom stereocenters. The van der Waals surface area contributed by atoms with E-state index in [1.54, 1.807) is 22.4 Å². The van der Waals surface area contributed by atoms with Gasteiger partial charge in [0.15, 0.2) is 0 Å². The van der Waals surface area contributed by atoms with Gasteiger partial charge in [-0.1, -0.05) is 6.07 Å². The zero-order valence-electron chi connectivity index (χ0n) is 12.5. The number of quaternary nitrogens is 1. The van der Waals surface area contributed by atoms with Gasteiger partial charge in [0.1, 0.15) is 17.7 Å². The lowest BCUT2D eigenvalue weighted by Crippen LogP contribution is -3.11. The molecule has 0 aromatic carbocycles. The Morgan fingerprint density at radius 3 is 3.09 bits per heavy atom. The van der Waals surface area contributed by atoms with Crippen molar-refractivity contribution in [2.75, 3.05) is 18.4 Å². The molecule has 2 aromatic heterocycles. The fourth-order valence-electron chi connectivity index (χ4n) is 3.25. The Balaban J connectivity index is 1.68. The Bertz CT molecular complexity index is 712. The molecule has 0 spiro atoms. The number of amides is 1. The molecule has 0 fully saturated rings. The summed E-state index contributed by atoms with van der Waals surface area (Å²) in [7, 11) is 0. The first-order chi connectivity index (χ1) is 10.8. The zero-order valence-corrected chi connectivity index (χ0v) is 13.3. The van der Waals surface area contributed by atoms with Gasteiger partial charge in [0.2, 0.25) is 0 Å². The molecule has 0 aliphatic carbocycles. The summed E-state index contributed by atoms with van der Waals surface area (Å²) in [4.78, 5) is 19.9. The van der Waals surface area contributed by atoms with Crippen molar-refractivity contribution in [1.29, 1.82) is 0 Å². The van der Waals surface area contributed by atoms with E-state index in [1.807, 2.05) is 18.2 Å². The molecule has 2 aliphatic heterocycles. The van der Waals surface area contributed by atoms with Crippen molar-refractivity contribution in [3.05, 3.63) is 46.1 Å². The summed E-state index contributed by atoms with van der Waals surface area (Å²) in [6.07, 6.45) is 2.50. The smallest absolute Gasteiger partial charge is 0.256 e. The van der Waals surface area contributed by atoms with Crippen LogP contribution in [0.25, 0.3) is 0 Å². The van der Waals surface area contributed by atoms with Crippen LogP contribution in [0.5, 0.6) is 0 Å². The van der Waals surface area contributed by atoms with E-state index in [9.17, 15) is 4.79 Å². The number of pyridine rings is 1. The second-order valence-electron chi connectivity index (χ2n) is 5.79. The van der Waals surface area contributed by atoms with Gasteiger partial charge in [-0.2, -0.15) is 0 Å². The fraction of sp³-hybridized carbons (Fsp3) is 0.375. The number of fused-ring (bicyclic) bond motifs is 3. The van der Waals surface area contributed by atoms with E-state index in [1.165, 1.54) is 10.4 Å². The van der Waals surface area contributed by atoms with E-state index in [-0.39, 0.29) is 12.1 Å². The third-order valence-electron chi connectivity index (χ3n) is 4.49. The number of nitrogens with zero attached hydrogens (tertiary/aromatic N) is 1. The molecule has 4 heterocycles. The van der Waals surface area contributed by atoms with Gasteiger partial charge in [-0.15, -0.1) is 11.3 Å². The Morgan fingerprint density at radius 1 is 1.41 bits per heavy atom. The first-order valence-corrected chi connectivity index (χ1v) is 8.54. The number of nitrogens with one attached hydrogen (secondary N) is 3. The fourth-order valence-corrected chi connectivity index (χ4v) is 4.59. The predicted octanol–water partition coefficient (Wildman–Crippen LogP) is 0.958. The molecule has 22 heavy (non-hydrogen) atoms. The molecular weight excluding hydrogens is 296 g/mol. The molecule has 2 unspecified atom stereocenters. The molecule has 3 N–H and O–H groups in total. The molecule has 0 bridgehead atoms. The van der Waals surface area contributed by atoms with Crippen molar-refractivity contribution in [3.8, 4) is 0 Å². The van der Waals surface area contributed by atoms with Gasteiger partial charge in [0.05, 0.1) is 29.2 Å². The predicted molar refractivity (Wildman–Crippen MR) is 86.2 cm³/mol. The van der Waals surface area contributed by atoms with Crippen molar-refractivity contribution in [2.45, 2.75) is 26.1 Å². The monoisotopic (exact) mass is 315 g/mol. The van der Waals surface area contributed by atoms with Gasteiger partial charge in [-0.05, 0) is 24.6 Å². The second kappa shape index (κ2) is 5.37. The summed E-state index contributed by atoms with van der Waals surface area (Å²) in [5, 5.41) is 7.49. The highest BCUT2D eigenvalue weighted by Gasteiger charge is 2.34. The summed E-state index contributed by atoms with van der Waals surface area (Å²) < 4.78 is 0. The van der Waals surface area contributed by atoms with Crippen LogP contribution in [0.1, 0.15) is 39.6 Å². The van der Waals surface area contributed by atoms with Gasteiger partial charge in [0.25, 0.3) is 5.91 Å². The maximum absolute atomic E-state index is 12.6. The summed E-state index contributed by atoms with van der Waals surface area (Å²) >= 11 is 1.74. The van der Waals surface area contributed by atoms with Gasteiger partial charge in [0, 0.05) is 12.6 Å². The largest absolute Gasteiger partial charge is 0.351 e. The number of anilines is 1. The molecule has 114 valence electrons. The lowest BCUT2D eigenvalue weighted by atomic mass is 10.0. The number of carbonyl (C=O) groups excluding carboxylic acids is 1. The molecule has 1 amide bonds. The minimum absolute atomic E-state index is 0.0295. The third-order valence-corrected chi connectivity index (χ3v) is 5.65. The van der Waals surface area contributed by atoms with E-state index < -0.39 is 0 Å². The molecule has 2 aliphatic rings. The number of hydrogen-bond donors (Lipinski definition) is 3. The van der Waals surface area contributed by atoms with Crippen LogP contribution in [0.2, 0.25) is 0 Å². The van der Waals surface area contributed by atoms with Crippen LogP contribution in [0.4, 0.5) is 5.00 Å². The van der Waals surface area contributed by atoms with Gasteiger partial charge >= 0.3 is 0 Å². The minimum Gasteiger partial charge on any atom is -0.351 e. The zero-order chi connectivity index (χ0) is 15.1. The van der Waals surface area contributed by atoms with Crippen molar-refractivity contribution in [1.82, 2.24) is 10.3 Å². The average Bonchev–Trinajstić information content (AvgIpc) is 2.93. The van der Waals surface area contributed by atoms with E-state index in [2.05, 4.69) is 22.5 Å². The number of likely N-dealkylation sites (N-methyl/N-ethyl adjacent to an activating group) is 1. The maximum atomic E-state index is 12.6. The Morgan fingerprint density at radius 2 is 2.32 bits per heavy atom. The van der Waals surface area contributed by atoms with Crippen molar-refractivity contribution >= 4 is 22.2 Å². The Kier molecular flexibility index (Phi) is 3.35. The van der Waals surface area contributed by atoms with Gasteiger partial charge in [-0.25, -0.2) is 0 Å². The minimum atomic E-state index is -0.240. The van der Waals surface area contributed by atoms with Crippen LogP contribution in [-0.2, 0) is 13.0 Å². The van der Waals surface area contributed by atoms with Crippen molar-refractivity contribution in [3.63, 3.8) is 0 Å². The quantitative estimate of drug-likeness (QED) is 0.774. The first-order valence-electron chi connectivity index (χ1n) is 7.72. The van der Waals surface area contributed by atoms with E-state index in [0.717, 1.165) is 42.3 Å². The van der Waals surface area contributed by atoms with Gasteiger partial charge < -0.3 is 15.5 Å². The topological polar surface area (TPSA) is 58.5 Å². The van der Waals surface area contributed by atoms with Crippen LogP contribution in [-0.4, -0.2) is 24.0 Å². The molecule has 5 nitrogen and oxygen atoms in total. The summed E-state index contributed by atoms with van der Waals surface area (Å²) in [5.74, 6) is 0.0295. The van der Waals surface area contributed by atoms with Crippen LogP contribution in [0.15, 0.2) is 24.4 Å². The molecule has 6 heteroatoms. The summed E-state index contributed by atoms with van der Waals surface area (Å²) in [6.45, 7) is 5.50. The standard InChI is InChI=1S/C16H18N4OS/c1-2-20-8-6-10-12(9-20)22-16-13(10)15(21)18-14(19-16)11-5-3-4-7-17-11/h3-5,7,14,19H,2,6,8-9H2,1H3,(H,18,21)/p+1. The number of rotatable bonds is 2. The first kappa shape index (κ1) is 13.7. The van der Waals surface area contributed by atoms with E-state index >= 15 is 0 Å². The Labute approximate surface area is 133 Å². The van der Waals surface area contributed by atoms with Crippen LogP contribution in [0.3, 0.4) is 0 Å². The molecule has 2 aromatic rings. The van der Waals surface area contributed by atoms with Gasteiger partial charge in [-0.3, -0.25) is 9.78 Å². The SMILES string of the molecule is CC[NH+]1CCc2c(sc3c2C(=O)NC(c2ccccn2)N3)C1. The van der Waals surface area contributed by atoms with Crippen LogP contribution in [0, 0.1) is 0 Å². The van der Waals surface area contributed by atoms with Crippen molar-refractivity contribution < 1.29 is 9.69 Å². The number of hydrogen-bond acceptors (Lipinski definition) is 4. The number of carbonyl (C=O) groups is 1. The molecular formula is C16H19N4OS+. The molecule has 4 rings (SSSR count). The van der Waals surface area contributed by atoms with Crippen LogP contribution >= 0.6 is 11.3 Å². The number of thiophene rings is 1. The van der Waals surface area contributed by atoms with E-state index in [0.29, 0.717) is 0 Å². The lowest BCUT2D eigenvalue weighted by molar-refractivity contribution is -0.913. The third kappa shape index (κ3) is 2.19.